The Morgan fingerprint density at radius 3 is 2.77 bits per heavy atom. The Bertz CT molecular complexity index is 1820. The maximum atomic E-state index is 14.0. The van der Waals surface area contributed by atoms with Gasteiger partial charge in [0.25, 0.3) is 0 Å². The summed E-state index contributed by atoms with van der Waals surface area (Å²) < 4.78 is 14.0. The van der Waals surface area contributed by atoms with Crippen molar-refractivity contribution >= 4 is 33.5 Å². The average Bonchev–Trinajstić information content (AvgIpc) is 3.55. The van der Waals surface area contributed by atoms with Gasteiger partial charge in [0.1, 0.15) is 22.8 Å². The predicted molar refractivity (Wildman–Crippen MR) is 150 cm³/mol. The number of nitrogens with zero attached hydrogens (tertiary/aromatic N) is 3. The van der Waals surface area contributed by atoms with Gasteiger partial charge in [0, 0.05) is 35.2 Å². The lowest BCUT2D eigenvalue weighted by Crippen LogP contribution is -2.11. The van der Waals surface area contributed by atoms with Gasteiger partial charge in [0.15, 0.2) is 0 Å². The van der Waals surface area contributed by atoms with Crippen molar-refractivity contribution in [3.8, 4) is 39.5 Å². The van der Waals surface area contributed by atoms with Crippen molar-refractivity contribution in [2.45, 2.75) is 26.2 Å². The number of hydrogen-bond acceptors (Lipinski definition) is 5. The van der Waals surface area contributed by atoms with Gasteiger partial charge in [-0.15, -0.1) is 0 Å². The van der Waals surface area contributed by atoms with E-state index in [1.807, 2.05) is 49.4 Å². The fourth-order valence-corrected chi connectivity index (χ4v) is 4.72. The first kappa shape index (κ1) is 24.3. The number of carbonyl (C=O) groups is 1. The van der Waals surface area contributed by atoms with Crippen LogP contribution in [0.3, 0.4) is 0 Å². The highest BCUT2D eigenvalue weighted by Crippen LogP contribution is 2.35. The van der Waals surface area contributed by atoms with E-state index in [4.69, 9.17) is 4.98 Å². The molecule has 0 bridgehead atoms. The smallest absolute Gasteiger partial charge is 0.224 e. The first-order valence-corrected chi connectivity index (χ1v) is 12.7. The second-order valence-electron chi connectivity index (χ2n) is 9.43. The van der Waals surface area contributed by atoms with Crippen LogP contribution in [0.5, 0.6) is 5.75 Å². The second kappa shape index (κ2) is 10.0. The summed E-state index contributed by atoms with van der Waals surface area (Å²) in [5.74, 6) is -0.679. The van der Waals surface area contributed by atoms with E-state index in [9.17, 15) is 14.3 Å². The number of halogens is 1. The average molecular weight is 521 g/mol. The van der Waals surface area contributed by atoms with Crippen molar-refractivity contribution in [3.63, 3.8) is 0 Å². The van der Waals surface area contributed by atoms with Crippen LogP contribution in [0.1, 0.15) is 26.2 Å². The lowest BCUT2D eigenvalue weighted by molar-refractivity contribution is -0.116. The fourth-order valence-electron chi connectivity index (χ4n) is 4.72. The van der Waals surface area contributed by atoms with Crippen molar-refractivity contribution in [2.24, 2.45) is 0 Å². The molecule has 0 spiro atoms. The van der Waals surface area contributed by atoms with Crippen molar-refractivity contribution in [3.05, 3.63) is 78.9 Å². The Hall–Kier alpha value is -5.05. The summed E-state index contributed by atoms with van der Waals surface area (Å²) in [6, 6.07) is 17.3. The van der Waals surface area contributed by atoms with E-state index in [1.54, 1.807) is 12.4 Å². The minimum Gasteiger partial charge on any atom is -0.508 e. The number of rotatable bonds is 7. The first-order chi connectivity index (χ1) is 19.0. The molecule has 194 valence electrons. The number of pyridine rings is 2. The van der Waals surface area contributed by atoms with Crippen molar-refractivity contribution < 1.29 is 14.3 Å². The molecule has 0 fully saturated rings. The molecule has 1 amide bonds. The van der Waals surface area contributed by atoms with Gasteiger partial charge in [-0.05, 0) is 60.0 Å². The number of aromatic hydroxyl groups is 1. The number of H-pyrrole nitrogens is 2. The maximum absolute atomic E-state index is 14.0. The molecular formula is C30H25FN6O2. The van der Waals surface area contributed by atoms with Gasteiger partial charge >= 0.3 is 0 Å². The summed E-state index contributed by atoms with van der Waals surface area (Å²) in [5.41, 5.74) is 7.07. The number of hydrogen-bond donors (Lipinski definition) is 4. The third-order valence-corrected chi connectivity index (χ3v) is 6.60. The summed E-state index contributed by atoms with van der Waals surface area (Å²) >= 11 is 0. The number of anilines is 1. The Balaban J connectivity index is 1.38. The fraction of sp³-hybridized carbons (Fsp3) is 0.133. The van der Waals surface area contributed by atoms with Crippen LogP contribution in [0.4, 0.5) is 10.1 Å². The van der Waals surface area contributed by atoms with Crippen LogP contribution in [0.2, 0.25) is 0 Å². The molecule has 6 aromatic rings. The van der Waals surface area contributed by atoms with Gasteiger partial charge in [-0.3, -0.25) is 14.9 Å². The molecule has 6 rings (SSSR count). The number of nitrogens with one attached hydrogen (secondary N) is 3. The van der Waals surface area contributed by atoms with Crippen LogP contribution in [0, 0.1) is 5.82 Å². The molecule has 8 nitrogen and oxygen atoms in total. The van der Waals surface area contributed by atoms with Crippen molar-refractivity contribution in [1.82, 2.24) is 25.1 Å². The van der Waals surface area contributed by atoms with E-state index in [0.717, 1.165) is 52.1 Å². The van der Waals surface area contributed by atoms with E-state index in [0.29, 0.717) is 34.6 Å². The molecule has 0 aliphatic heterocycles. The third-order valence-electron chi connectivity index (χ3n) is 6.60. The highest BCUT2D eigenvalue weighted by atomic mass is 19.1. The standard InChI is InChI=1S/C30H25FN6O2/c1-2-3-7-28(39)33-20-11-18(15-32-16-20)24-8-9-26-29(35-24)30(37-36-26)27-14-23-22(5-4-6-25(23)34-27)17-10-19(31)13-21(38)12-17/h4-6,8-16,34,38H,2-3,7H2,1H3,(H,33,39)(H,36,37). The molecule has 2 aromatic carbocycles. The highest BCUT2D eigenvalue weighted by Gasteiger charge is 2.16. The quantitative estimate of drug-likeness (QED) is 0.184. The van der Waals surface area contributed by atoms with E-state index in [2.05, 4.69) is 25.5 Å². The Labute approximate surface area is 223 Å². The molecule has 39 heavy (non-hydrogen) atoms. The van der Waals surface area contributed by atoms with E-state index in [-0.39, 0.29) is 11.7 Å². The molecule has 0 saturated heterocycles. The van der Waals surface area contributed by atoms with E-state index in [1.165, 1.54) is 12.1 Å². The second-order valence-corrected chi connectivity index (χ2v) is 9.43. The van der Waals surface area contributed by atoms with Gasteiger partial charge in [-0.25, -0.2) is 9.37 Å². The zero-order valence-corrected chi connectivity index (χ0v) is 21.1. The van der Waals surface area contributed by atoms with E-state index >= 15 is 0 Å². The van der Waals surface area contributed by atoms with Gasteiger partial charge in [-0.1, -0.05) is 25.5 Å². The van der Waals surface area contributed by atoms with Crippen molar-refractivity contribution in [2.75, 3.05) is 5.32 Å². The van der Waals surface area contributed by atoms with Gasteiger partial charge in [0.2, 0.25) is 5.91 Å². The molecule has 0 radical (unpaired) electrons. The summed E-state index contributed by atoms with van der Waals surface area (Å²) in [6.45, 7) is 2.05. The van der Waals surface area contributed by atoms with Crippen LogP contribution in [-0.4, -0.2) is 36.2 Å². The summed E-state index contributed by atoms with van der Waals surface area (Å²) in [5, 5.41) is 21.2. The Kier molecular flexibility index (Phi) is 6.24. The maximum Gasteiger partial charge on any atom is 0.224 e. The number of fused-ring (bicyclic) bond motifs is 2. The number of phenolic OH excluding ortho intramolecular Hbond substituents is 1. The number of unbranched alkanes of at least 4 members (excludes halogenated alkanes) is 1. The predicted octanol–water partition coefficient (Wildman–Crippen LogP) is 6.81. The Morgan fingerprint density at radius 2 is 1.92 bits per heavy atom. The van der Waals surface area contributed by atoms with E-state index < -0.39 is 5.82 Å². The summed E-state index contributed by atoms with van der Waals surface area (Å²) in [6.07, 6.45) is 5.58. The van der Waals surface area contributed by atoms with Gasteiger partial charge in [-0.2, -0.15) is 5.10 Å². The number of aromatic nitrogens is 5. The molecule has 0 aliphatic rings. The number of phenols is 1. The zero-order chi connectivity index (χ0) is 26.9. The van der Waals surface area contributed by atoms with Crippen LogP contribution < -0.4 is 5.32 Å². The summed E-state index contributed by atoms with van der Waals surface area (Å²) in [7, 11) is 0. The first-order valence-electron chi connectivity index (χ1n) is 12.7. The normalized spacial score (nSPS) is 11.3. The Morgan fingerprint density at radius 1 is 1.03 bits per heavy atom. The number of benzene rings is 2. The molecule has 4 N–H and O–H groups in total. The molecule has 0 atom stereocenters. The number of carbonyl (C=O) groups excluding carboxylic acids is 1. The lowest BCUT2D eigenvalue weighted by Gasteiger charge is -2.07. The minimum atomic E-state index is -0.508. The number of amides is 1. The highest BCUT2D eigenvalue weighted by molar-refractivity contribution is 6.00. The monoisotopic (exact) mass is 520 g/mol. The molecule has 0 aliphatic carbocycles. The molecule has 4 aromatic heterocycles. The lowest BCUT2D eigenvalue weighted by atomic mass is 10.0. The SMILES string of the molecule is CCCCC(=O)Nc1cncc(-c2ccc3[nH]nc(-c4cc5c(-c6cc(O)cc(F)c6)cccc5[nH]4)c3n2)c1. The molecule has 0 saturated carbocycles. The third kappa shape index (κ3) is 4.82. The van der Waals surface area contributed by atoms with Gasteiger partial charge < -0.3 is 15.4 Å². The van der Waals surface area contributed by atoms with Crippen LogP contribution in [-0.2, 0) is 4.79 Å². The zero-order valence-electron chi connectivity index (χ0n) is 21.1. The molecule has 9 heteroatoms. The minimum absolute atomic E-state index is 0.0389. The van der Waals surface area contributed by atoms with Gasteiger partial charge in [0.05, 0.1) is 28.8 Å². The molecule has 0 unspecified atom stereocenters. The largest absolute Gasteiger partial charge is 0.508 e. The molecule has 4 heterocycles. The van der Waals surface area contributed by atoms with Crippen LogP contribution in [0.25, 0.3) is 55.7 Å². The van der Waals surface area contributed by atoms with Crippen LogP contribution in [0.15, 0.2) is 73.1 Å². The van der Waals surface area contributed by atoms with Crippen molar-refractivity contribution in [1.29, 1.82) is 0 Å². The summed E-state index contributed by atoms with van der Waals surface area (Å²) in [4.78, 5) is 24.7. The van der Waals surface area contributed by atoms with Crippen LogP contribution >= 0.6 is 0 Å². The number of aromatic amines is 2. The molecular weight excluding hydrogens is 495 g/mol. The topological polar surface area (TPSA) is 120 Å².